The molecule has 0 spiro atoms. The van der Waals surface area contributed by atoms with Gasteiger partial charge < -0.3 is 24.6 Å². The van der Waals surface area contributed by atoms with Gasteiger partial charge in [-0.25, -0.2) is 4.39 Å². The van der Waals surface area contributed by atoms with E-state index < -0.39 is 28.8 Å². The van der Waals surface area contributed by atoms with Crippen LogP contribution in [0.15, 0.2) is 29.2 Å². The maximum Gasteiger partial charge on any atom is 0.274 e. The average molecular weight is 429 g/mol. The van der Waals surface area contributed by atoms with Crippen molar-refractivity contribution in [2.75, 3.05) is 19.8 Å². The van der Waals surface area contributed by atoms with Crippen LogP contribution in [-0.4, -0.2) is 52.2 Å². The summed E-state index contributed by atoms with van der Waals surface area (Å²) in [4.78, 5) is 40.0. The Morgan fingerprint density at radius 3 is 2.81 bits per heavy atom. The summed E-state index contributed by atoms with van der Waals surface area (Å²) in [7, 11) is 0. The fraction of sp³-hybridized carbons (Fsp3) is 0.409. The Kier molecular flexibility index (Phi) is 5.53. The van der Waals surface area contributed by atoms with Crippen LogP contribution in [0.2, 0.25) is 0 Å². The number of nitrogens with zero attached hydrogens (tertiary/aromatic N) is 2. The quantitative estimate of drug-likeness (QED) is 0.771. The van der Waals surface area contributed by atoms with Gasteiger partial charge in [0.2, 0.25) is 5.43 Å². The number of benzene rings is 1. The third-order valence-corrected chi connectivity index (χ3v) is 5.96. The van der Waals surface area contributed by atoms with E-state index in [-0.39, 0.29) is 35.4 Å². The lowest BCUT2D eigenvalue weighted by atomic mass is 9.96. The van der Waals surface area contributed by atoms with Crippen LogP contribution < -0.4 is 10.7 Å². The summed E-state index contributed by atoms with van der Waals surface area (Å²) in [5.41, 5.74) is -0.308. The Hall–Kier alpha value is -3.20. The van der Waals surface area contributed by atoms with Gasteiger partial charge in [-0.05, 0) is 31.9 Å². The number of pyridine rings is 1. The fourth-order valence-corrected chi connectivity index (χ4v) is 4.32. The number of aryl methyl sites for hydroxylation is 1. The highest BCUT2D eigenvalue weighted by Gasteiger charge is 2.43. The van der Waals surface area contributed by atoms with Gasteiger partial charge in [0, 0.05) is 31.5 Å². The van der Waals surface area contributed by atoms with E-state index in [9.17, 15) is 23.9 Å². The largest absolute Gasteiger partial charge is 0.503 e. The molecule has 164 valence electrons. The number of aromatic nitrogens is 1. The first-order valence-electron chi connectivity index (χ1n) is 10.2. The number of hydrogen-bond acceptors (Lipinski definition) is 5. The van der Waals surface area contributed by atoms with Gasteiger partial charge in [0.1, 0.15) is 11.4 Å². The van der Waals surface area contributed by atoms with E-state index in [1.807, 2.05) is 6.92 Å². The van der Waals surface area contributed by atoms with E-state index in [0.29, 0.717) is 26.2 Å². The molecule has 1 aromatic heterocycles. The molecule has 0 aliphatic carbocycles. The van der Waals surface area contributed by atoms with Gasteiger partial charge in [-0.3, -0.25) is 14.4 Å². The molecular weight excluding hydrogens is 405 g/mol. The first-order valence-corrected chi connectivity index (χ1v) is 10.2. The number of carbonyl (C=O) groups excluding carboxylic acids is 2. The van der Waals surface area contributed by atoms with Gasteiger partial charge in [-0.2, -0.15) is 0 Å². The molecule has 1 aromatic carbocycles. The van der Waals surface area contributed by atoms with Crippen LogP contribution in [0.4, 0.5) is 4.39 Å². The molecule has 0 bridgehead atoms. The molecule has 0 radical (unpaired) electrons. The topological polar surface area (TPSA) is 101 Å². The molecule has 2 N–H and O–H groups in total. The van der Waals surface area contributed by atoms with Gasteiger partial charge in [0.15, 0.2) is 11.4 Å². The van der Waals surface area contributed by atoms with Crippen LogP contribution in [0.5, 0.6) is 5.75 Å². The molecule has 1 saturated heterocycles. The van der Waals surface area contributed by atoms with Gasteiger partial charge in [-0.15, -0.1) is 0 Å². The van der Waals surface area contributed by atoms with Crippen molar-refractivity contribution in [3.8, 4) is 5.75 Å². The zero-order chi connectivity index (χ0) is 22.3. The summed E-state index contributed by atoms with van der Waals surface area (Å²) in [5, 5.41) is 13.1. The number of nitrogens with one attached hydrogen (secondary N) is 1. The molecule has 2 atom stereocenters. The molecule has 9 heteroatoms. The van der Waals surface area contributed by atoms with E-state index >= 15 is 0 Å². The first-order chi connectivity index (χ1) is 14.8. The van der Waals surface area contributed by atoms with Crippen LogP contribution in [-0.2, 0) is 11.3 Å². The van der Waals surface area contributed by atoms with Crippen molar-refractivity contribution in [1.29, 1.82) is 0 Å². The Morgan fingerprint density at radius 2 is 2.10 bits per heavy atom. The minimum atomic E-state index is -0.928. The van der Waals surface area contributed by atoms with Crippen molar-refractivity contribution >= 4 is 11.8 Å². The molecule has 1 fully saturated rings. The smallest absolute Gasteiger partial charge is 0.274 e. The van der Waals surface area contributed by atoms with Crippen LogP contribution in [0.25, 0.3) is 0 Å². The van der Waals surface area contributed by atoms with Crippen molar-refractivity contribution in [2.45, 2.75) is 38.9 Å². The van der Waals surface area contributed by atoms with E-state index in [2.05, 4.69) is 5.32 Å². The Labute approximate surface area is 178 Å². The van der Waals surface area contributed by atoms with Crippen molar-refractivity contribution in [1.82, 2.24) is 14.8 Å². The predicted octanol–water partition coefficient (Wildman–Crippen LogP) is 1.74. The number of carbonyl (C=O) groups is 2. The second-order valence-electron chi connectivity index (χ2n) is 7.84. The number of amides is 2. The normalized spacial score (nSPS) is 20.2. The predicted molar refractivity (Wildman–Crippen MR) is 110 cm³/mol. The molecular formula is C22H24FN3O5. The monoisotopic (exact) mass is 429 g/mol. The summed E-state index contributed by atoms with van der Waals surface area (Å²) in [6, 6.07) is 4.16. The average Bonchev–Trinajstić information content (AvgIpc) is 2.75. The molecule has 2 aliphatic rings. The third-order valence-electron chi connectivity index (χ3n) is 5.96. The highest BCUT2D eigenvalue weighted by Crippen LogP contribution is 2.35. The minimum absolute atomic E-state index is 0.115. The number of aromatic hydroxyl groups is 1. The molecule has 2 aromatic rings. The SMILES string of the molecule is CCN1C(=O)c2c(O)c(=O)c(C(=O)NCc3ccc(C)cc3F)cn2[C@H]2CCOC[C@H]21. The fourth-order valence-electron chi connectivity index (χ4n) is 4.32. The molecule has 0 unspecified atom stereocenters. The first kappa shape index (κ1) is 21.0. The van der Waals surface area contributed by atoms with Crippen molar-refractivity contribution < 1.29 is 23.8 Å². The Bertz CT molecular complexity index is 1110. The van der Waals surface area contributed by atoms with Gasteiger partial charge in [0.25, 0.3) is 11.8 Å². The zero-order valence-electron chi connectivity index (χ0n) is 17.4. The second-order valence-corrected chi connectivity index (χ2v) is 7.84. The minimum Gasteiger partial charge on any atom is -0.503 e. The van der Waals surface area contributed by atoms with Gasteiger partial charge >= 0.3 is 0 Å². The standard InChI is InChI=1S/C22H24FN3O5/c1-3-25-17-11-31-7-6-16(17)26-10-14(19(27)20(28)18(26)22(25)30)21(29)24-9-13-5-4-12(2)8-15(13)23/h4-5,8,10,16-17,28H,3,6-7,9,11H2,1-2H3,(H,24,29)/t16-,17+/m0/s1. The highest BCUT2D eigenvalue weighted by molar-refractivity contribution is 5.99. The van der Waals surface area contributed by atoms with Crippen LogP contribution in [0.3, 0.4) is 0 Å². The van der Waals surface area contributed by atoms with E-state index in [0.717, 1.165) is 5.56 Å². The molecule has 2 aliphatic heterocycles. The van der Waals surface area contributed by atoms with E-state index in [1.165, 1.54) is 16.8 Å². The Balaban J connectivity index is 1.69. The Morgan fingerprint density at radius 1 is 1.32 bits per heavy atom. The van der Waals surface area contributed by atoms with Crippen molar-refractivity contribution in [3.63, 3.8) is 0 Å². The summed E-state index contributed by atoms with van der Waals surface area (Å²) >= 11 is 0. The summed E-state index contributed by atoms with van der Waals surface area (Å²) < 4.78 is 21.1. The molecule has 0 saturated carbocycles. The summed E-state index contributed by atoms with van der Waals surface area (Å²) in [6.45, 7) is 4.67. The number of fused-ring (bicyclic) bond motifs is 3. The summed E-state index contributed by atoms with van der Waals surface area (Å²) in [6.07, 6.45) is 1.89. The maximum atomic E-state index is 14.1. The number of rotatable bonds is 4. The second kappa shape index (κ2) is 8.14. The van der Waals surface area contributed by atoms with E-state index in [4.69, 9.17) is 4.74 Å². The number of halogens is 1. The number of ether oxygens (including phenoxy) is 1. The number of likely N-dealkylation sites (N-methyl/N-ethyl adjacent to an activating group) is 1. The molecule has 2 amide bonds. The number of hydrogen-bond donors (Lipinski definition) is 2. The van der Waals surface area contributed by atoms with Crippen molar-refractivity contribution in [2.24, 2.45) is 0 Å². The zero-order valence-corrected chi connectivity index (χ0v) is 17.4. The van der Waals surface area contributed by atoms with Crippen LogP contribution in [0.1, 0.15) is 51.4 Å². The lowest BCUT2D eigenvalue weighted by Crippen LogP contribution is -2.55. The molecule has 31 heavy (non-hydrogen) atoms. The molecule has 8 nitrogen and oxygen atoms in total. The maximum absolute atomic E-state index is 14.1. The molecule has 4 rings (SSSR count). The van der Waals surface area contributed by atoms with Gasteiger partial charge in [-0.1, -0.05) is 12.1 Å². The summed E-state index contributed by atoms with van der Waals surface area (Å²) in [5.74, 6) is -2.43. The lowest BCUT2D eigenvalue weighted by molar-refractivity contribution is -0.0176. The third kappa shape index (κ3) is 3.59. The van der Waals surface area contributed by atoms with Crippen LogP contribution >= 0.6 is 0 Å². The molecule has 3 heterocycles. The van der Waals surface area contributed by atoms with Crippen molar-refractivity contribution in [3.05, 3.63) is 62.8 Å². The van der Waals surface area contributed by atoms with Gasteiger partial charge in [0.05, 0.1) is 18.7 Å². The van der Waals surface area contributed by atoms with Crippen LogP contribution in [0, 0.1) is 12.7 Å². The highest BCUT2D eigenvalue weighted by atomic mass is 19.1. The lowest BCUT2D eigenvalue weighted by Gasteiger charge is -2.45. The van der Waals surface area contributed by atoms with E-state index in [1.54, 1.807) is 24.0 Å².